The smallest absolute Gasteiger partial charge is 0.0346 e. The molecule has 0 radical (unpaired) electrons. The van der Waals surface area contributed by atoms with Crippen molar-refractivity contribution >= 4 is 75.4 Å². The Morgan fingerprint density at radius 3 is 1.39 bits per heavy atom. The van der Waals surface area contributed by atoms with Gasteiger partial charge in [-0.05, 0) is 110 Å². The monoisotopic (exact) mass is 555 g/mol. The van der Waals surface area contributed by atoms with Crippen LogP contribution in [0.15, 0.2) is 152 Å². The van der Waals surface area contributed by atoms with E-state index in [0.717, 1.165) is 5.56 Å². The first kappa shape index (κ1) is 23.7. The van der Waals surface area contributed by atoms with E-state index in [0.29, 0.717) is 0 Å². The van der Waals surface area contributed by atoms with E-state index in [9.17, 15) is 0 Å². The number of pyridine rings is 1. The van der Waals surface area contributed by atoms with Crippen molar-refractivity contribution in [3.63, 3.8) is 0 Å². The molecule has 10 rings (SSSR count). The van der Waals surface area contributed by atoms with Crippen LogP contribution in [-0.2, 0) is 0 Å². The third-order valence-corrected chi connectivity index (χ3v) is 9.63. The first-order valence-corrected chi connectivity index (χ1v) is 15.2. The highest BCUT2D eigenvalue weighted by Gasteiger charge is 2.17. The van der Waals surface area contributed by atoms with E-state index >= 15 is 0 Å². The van der Waals surface area contributed by atoms with Gasteiger partial charge in [0.1, 0.15) is 0 Å². The van der Waals surface area contributed by atoms with Crippen LogP contribution in [0.4, 0.5) is 0 Å². The van der Waals surface area contributed by atoms with E-state index in [1.165, 1.54) is 92.1 Å². The zero-order chi connectivity index (χ0) is 28.8. The molecule has 0 aliphatic carbocycles. The van der Waals surface area contributed by atoms with Gasteiger partial charge in [-0.3, -0.25) is 4.98 Å². The maximum absolute atomic E-state index is 4.40. The summed E-state index contributed by atoms with van der Waals surface area (Å²) in [4.78, 5) is 4.40. The van der Waals surface area contributed by atoms with Crippen LogP contribution >= 0.6 is 0 Å². The van der Waals surface area contributed by atoms with Crippen LogP contribution in [0.2, 0.25) is 0 Å². The predicted molar refractivity (Wildman–Crippen MR) is 189 cm³/mol. The third kappa shape index (κ3) is 3.21. The fourth-order valence-electron chi connectivity index (χ4n) is 7.76. The molecule has 202 valence electrons. The second kappa shape index (κ2) is 8.86. The molecular formula is C43H25N. The summed E-state index contributed by atoms with van der Waals surface area (Å²) in [7, 11) is 0. The first-order valence-electron chi connectivity index (χ1n) is 15.2. The van der Waals surface area contributed by atoms with Crippen molar-refractivity contribution in [2.45, 2.75) is 0 Å². The van der Waals surface area contributed by atoms with E-state index in [4.69, 9.17) is 0 Å². The molecule has 0 aliphatic heterocycles. The van der Waals surface area contributed by atoms with Gasteiger partial charge < -0.3 is 0 Å². The number of fused-ring (bicyclic) bond motifs is 3. The average Bonchev–Trinajstić information content (AvgIpc) is 3.09. The van der Waals surface area contributed by atoms with Crippen molar-refractivity contribution in [1.82, 2.24) is 4.98 Å². The molecule has 0 amide bonds. The molecule has 1 heterocycles. The van der Waals surface area contributed by atoms with Gasteiger partial charge in [-0.2, -0.15) is 0 Å². The van der Waals surface area contributed by atoms with Crippen molar-refractivity contribution < 1.29 is 0 Å². The minimum absolute atomic E-state index is 1.13. The molecular weight excluding hydrogens is 530 g/mol. The molecule has 0 atom stereocenters. The summed E-state index contributed by atoms with van der Waals surface area (Å²) in [5, 5.41) is 18.1. The van der Waals surface area contributed by atoms with Crippen LogP contribution in [0, 0.1) is 0 Å². The minimum atomic E-state index is 1.13. The Morgan fingerprint density at radius 1 is 0.318 bits per heavy atom. The van der Waals surface area contributed by atoms with Crippen LogP contribution in [0.1, 0.15) is 0 Å². The Kier molecular flexibility index (Phi) is 4.78. The van der Waals surface area contributed by atoms with Crippen molar-refractivity contribution in [1.29, 1.82) is 0 Å². The van der Waals surface area contributed by atoms with Gasteiger partial charge in [0.15, 0.2) is 0 Å². The molecule has 1 heteroatoms. The molecule has 0 spiro atoms. The molecule has 1 aromatic heterocycles. The van der Waals surface area contributed by atoms with Gasteiger partial charge in [0.2, 0.25) is 0 Å². The van der Waals surface area contributed by atoms with E-state index < -0.39 is 0 Å². The minimum Gasteiger partial charge on any atom is -0.264 e. The number of rotatable bonds is 2. The van der Waals surface area contributed by atoms with Crippen LogP contribution in [0.3, 0.4) is 0 Å². The Labute approximate surface area is 254 Å². The predicted octanol–water partition coefficient (Wildman–Crippen LogP) is 11.9. The van der Waals surface area contributed by atoms with E-state index in [2.05, 4.69) is 138 Å². The van der Waals surface area contributed by atoms with Gasteiger partial charge in [-0.1, -0.05) is 121 Å². The van der Waals surface area contributed by atoms with E-state index in [1.54, 1.807) is 0 Å². The van der Waals surface area contributed by atoms with E-state index in [-0.39, 0.29) is 0 Å². The van der Waals surface area contributed by atoms with Crippen LogP contribution < -0.4 is 0 Å². The Balaban J connectivity index is 1.42. The molecule has 0 saturated carbocycles. The van der Waals surface area contributed by atoms with Crippen LogP contribution in [0.25, 0.3) is 97.7 Å². The Bertz CT molecular complexity index is 2750. The molecule has 0 unspecified atom stereocenters. The largest absolute Gasteiger partial charge is 0.264 e. The number of aromatic nitrogens is 1. The zero-order valence-electron chi connectivity index (χ0n) is 23.9. The van der Waals surface area contributed by atoms with Gasteiger partial charge in [0.05, 0.1) is 0 Å². The number of hydrogen-bond acceptors (Lipinski definition) is 1. The molecule has 0 aliphatic rings. The summed E-state index contributed by atoms with van der Waals surface area (Å²) in [5.41, 5.74) is 4.81. The van der Waals surface area contributed by atoms with Gasteiger partial charge in [0, 0.05) is 18.0 Å². The van der Waals surface area contributed by atoms with Gasteiger partial charge >= 0.3 is 0 Å². The molecule has 0 bridgehead atoms. The average molecular weight is 556 g/mol. The van der Waals surface area contributed by atoms with Crippen LogP contribution in [-0.4, -0.2) is 4.98 Å². The molecule has 0 saturated heterocycles. The van der Waals surface area contributed by atoms with Crippen molar-refractivity contribution in [2.24, 2.45) is 0 Å². The summed E-state index contributed by atoms with van der Waals surface area (Å²) in [6.07, 6.45) is 3.79. The highest BCUT2D eigenvalue weighted by atomic mass is 14.6. The quantitative estimate of drug-likeness (QED) is 0.193. The fourth-order valence-corrected chi connectivity index (χ4v) is 7.76. The molecule has 9 aromatic carbocycles. The van der Waals surface area contributed by atoms with E-state index in [1.807, 2.05) is 18.5 Å². The Morgan fingerprint density at radius 2 is 0.818 bits per heavy atom. The molecule has 10 aromatic rings. The lowest BCUT2D eigenvalue weighted by molar-refractivity contribution is 1.33. The summed E-state index contributed by atoms with van der Waals surface area (Å²) in [6.45, 7) is 0. The highest BCUT2D eigenvalue weighted by molar-refractivity contribution is 6.37. The van der Waals surface area contributed by atoms with Crippen molar-refractivity contribution in [2.75, 3.05) is 0 Å². The van der Waals surface area contributed by atoms with Crippen molar-refractivity contribution in [3.8, 4) is 22.3 Å². The topological polar surface area (TPSA) is 12.9 Å². The third-order valence-electron chi connectivity index (χ3n) is 9.63. The highest BCUT2D eigenvalue weighted by Crippen LogP contribution is 2.45. The van der Waals surface area contributed by atoms with Crippen molar-refractivity contribution in [3.05, 3.63) is 152 Å². The second-order valence-electron chi connectivity index (χ2n) is 11.9. The fraction of sp³-hybridized carbons (Fsp3) is 0. The number of hydrogen-bond donors (Lipinski definition) is 0. The number of benzene rings is 8. The lowest BCUT2D eigenvalue weighted by atomic mass is 9.85. The second-order valence-corrected chi connectivity index (χ2v) is 11.9. The SMILES string of the molecule is c1cncc(-c2ccc(-c3cc4ccc5cccc6c7cccc8ccc9cccc(c(c3)c4c56)c9c87)c3ccccc23)c1. The summed E-state index contributed by atoms with van der Waals surface area (Å²) in [5.74, 6) is 0. The number of nitrogens with zero attached hydrogens (tertiary/aromatic N) is 1. The Hall–Kier alpha value is -5.79. The molecule has 0 fully saturated rings. The summed E-state index contributed by atoms with van der Waals surface area (Å²) >= 11 is 0. The lowest BCUT2D eigenvalue weighted by Gasteiger charge is -2.18. The molecule has 1 nitrogen and oxygen atoms in total. The first-order chi connectivity index (χ1) is 21.8. The maximum Gasteiger partial charge on any atom is 0.0346 e. The lowest BCUT2D eigenvalue weighted by Crippen LogP contribution is -1.90. The molecule has 0 N–H and O–H groups in total. The summed E-state index contributed by atoms with van der Waals surface area (Å²) in [6, 6.07) is 51.9. The standard InChI is InChI=1S/C43H25N/c1-2-12-35-33(21-20-32(34(35)11-1)30-10-6-22-44-25-30)31-23-29-19-18-28-8-4-14-37-36-13-3-7-26-16-17-27-9-5-15-38(42(27)40(26)36)39(24-31)43(29)41(28)37/h1-25H. The van der Waals surface area contributed by atoms with Crippen LogP contribution in [0.5, 0.6) is 0 Å². The van der Waals surface area contributed by atoms with Gasteiger partial charge in [0.25, 0.3) is 0 Å². The molecule has 44 heavy (non-hydrogen) atoms. The van der Waals surface area contributed by atoms with Gasteiger partial charge in [-0.25, -0.2) is 0 Å². The van der Waals surface area contributed by atoms with Gasteiger partial charge in [-0.15, -0.1) is 0 Å². The summed E-state index contributed by atoms with van der Waals surface area (Å²) < 4.78 is 0. The normalized spacial score (nSPS) is 12.1. The maximum atomic E-state index is 4.40. The zero-order valence-corrected chi connectivity index (χ0v) is 23.9.